The van der Waals surface area contributed by atoms with Gasteiger partial charge in [0.15, 0.2) is 0 Å². The molecule has 2 N–H and O–H groups in total. The van der Waals surface area contributed by atoms with E-state index >= 15 is 0 Å². The molecule has 0 saturated carbocycles. The number of aromatic nitrogens is 1. The first-order valence-corrected chi connectivity index (χ1v) is 7.90. The van der Waals surface area contributed by atoms with E-state index in [9.17, 15) is 9.59 Å². The molecule has 5 nitrogen and oxygen atoms in total. The van der Waals surface area contributed by atoms with Gasteiger partial charge >= 0.3 is 5.97 Å². The standard InChI is InChI=1S/C14H14N2O3S2/c1-9(17)15-7-13-16-10(8-20-13)2-3-11-4-5-12(21-11)6-14(18)19/h2-5,8H,6-7H2,1H3,(H,15,17)(H,18,19)/b3-2+. The van der Waals surface area contributed by atoms with Gasteiger partial charge in [0.05, 0.1) is 18.7 Å². The number of hydrogen-bond acceptors (Lipinski definition) is 5. The van der Waals surface area contributed by atoms with Gasteiger partial charge in [0.2, 0.25) is 5.91 Å². The summed E-state index contributed by atoms with van der Waals surface area (Å²) in [5.74, 6) is -0.902. The zero-order valence-electron chi connectivity index (χ0n) is 11.3. The van der Waals surface area contributed by atoms with Crippen LogP contribution in [0.25, 0.3) is 12.2 Å². The van der Waals surface area contributed by atoms with Crippen LogP contribution in [0, 0.1) is 0 Å². The molecule has 110 valence electrons. The zero-order valence-corrected chi connectivity index (χ0v) is 13.0. The number of carboxylic acids is 1. The third kappa shape index (κ3) is 5.13. The Morgan fingerprint density at radius 1 is 1.38 bits per heavy atom. The molecule has 21 heavy (non-hydrogen) atoms. The van der Waals surface area contributed by atoms with Crippen molar-refractivity contribution in [1.29, 1.82) is 0 Å². The highest BCUT2D eigenvalue weighted by Gasteiger charge is 2.03. The van der Waals surface area contributed by atoms with Crippen molar-refractivity contribution in [3.63, 3.8) is 0 Å². The van der Waals surface area contributed by atoms with Crippen molar-refractivity contribution in [2.45, 2.75) is 19.9 Å². The highest BCUT2D eigenvalue weighted by Crippen LogP contribution is 2.20. The molecule has 0 saturated heterocycles. The molecule has 0 bridgehead atoms. The largest absolute Gasteiger partial charge is 0.481 e. The minimum absolute atomic E-state index is 0.0517. The molecule has 7 heteroatoms. The van der Waals surface area contributed by atoms with Gasteiger partial charge in [-0.2, -0.15) is 0 Å². The summed E-state index contributed by atoms with van der Waals surface area (Å²) in [5, 5.41) is 14.2. The molecule has 0 aliphatic rings. The van der Waals surface area contributed by atoms with Crippen LogP contribution in [0.2, 0.25) is 0 Å². The van der Waals surface area contributed by atoms with E-state index in [0.29, 0.717) is 6.54 Å². The van der Waals surface area contributed by atoms with Crippen molar-refractivity contribution >= 4 is 46.7 Å². The van der Waals surface area contributed by atoms with Gasteiger partial charge in [-0.3, -0.25) is 9.59 Å². The molecule has 1 amide bonds. The number of amides is 1. The smallest absolute Gasteiger partial charge is 0.308 e. The lowest BCUT2D eigenvalue weighted by molar-refractivity contribution is -0.136. The summed E-state index contributed by atoms with van der Waals surface area (Å²) in [6.45, 7) is 1.91. The predicted octanol–water partition coefficient (Wildman–Crippen LogP) is 2.64. The second-order valence-electron chi connectivity index (χ2n) is 4.28. The first-order valence-electron chi connectivity index (χ1n) is 6.20. The number of thiophene rings is 1. The summed E-state index contributed by atoms with van der Waals surface area (Å²) in [4.78, 5) is 27.6. The van der Waals surface area contributed by atoms with Crippen molar-refractivity contribution in [3.05, 3.63) is 38.0 Å². The lowest BCUT2D eigenvalue weighted by atomic mass is 10.3. The number of carbonyl (C=O) groups excluding carboxylic acids is 1. The topological polar surface area (TPSA) is 79.3 Å². The Hall–Kier alpha value is -1.99. The second-order valence-corrected chi connectivity index (χ2v) is 6.43. The fourth-order valence-electron chi connectivity index (χ4n) is 1.58. The highest BCUT2D eigenvalue weighted by molar-refractivity contribution is 7.13. The van der Waals surface area contributed by atoms with Gasteiger partial charge in [-0.25, -0.2) is 4.98 Å². The van der Waals surface area contributed by atoms with E-state index in [1.807, 2.05) is 29.7 Å². The molecule has 0 unspecified atom stereocenters. The SMILES string of the molecule is CC(=O)NCc1nc(/C=C/c2ccc(CC(=O)O)s2)cs1. The summed E-state index contributed by atoms with van der Waals surface area (Å²) in [6.07, 6.45) is 3.84. The van der Waals surface area contributed by atoms with Gasteiger partial charge in [-0.1, -0.05) is 0 Å². The highest BCUT2D eigenvalue weighted by atomic mass is 32.1. The van der Waals surface area contributed by atoms with Crippen molar-refractivity contribution in [2.24, 2.45) is 0 Å². The fourth-order valence-corrected chi connectivity index (χ4v) is 3.19. The monoisotopic (exact) mass is 322 g/mol. The minimum atomic E-state index is -0.825. The molecule has 2 aromatic heterocycles. The maximum absolute atomic E-state index is 10.8. The van der Waals surface area contributed by atoms with E-state index in [1.54, 1.807) is 0 Å². The normalized spacial score (nSPS) is 10.9. The van der Waals surface area contributed by atoms with Crippen molar-refractivity contribution in [1.82, 2.24) is 10.3 Å². The number of rotatable bonds is 6. The maximum Gasteiger partial charge on any atom is 0.308 e. The van der Waals surface area contributed by atoms with Crippen LogP contribution in [0.15, 0.2) is 17.5 Å². The Balaban J connectivity index is 1.96. The average Bonchev–Trinajstić information content (AvgIpc) is 3.02. The van der Waals surface area contributed by atoms with Crippen molar-refractivity contribution in [2.75, 3.05) is 0 Å². The van der Waals surface area contributed by atoms with Crippen LogP contribution in [0.4, 0.5) is 0 Å². The molecule has 0 aliphatic heterocycles. The molecule has 0 atom stereocenters. The van der Waals surface area contributed by atoms with Crippen LogP contribution < -0.4 is 5.32 Å². The van der Waals surface area contributed by atoms with Crippen molar-refractivity contribution in [3.8, 4) is 0 Å². The van der Waals surface area contributed by atoms with E-state index in [0.717, 1.165) is 20.5 Å². The van der Waals surface area contributed by atoms with Gasteiger partial charge < -0.3 is 10.4 Å². The molecular formula is C14H14N2O3S2. The fraction of sp³-hybridized carbons (Fsp3) is 0.214. The molecule has 2 aromatic rings. The molecule has 0 aliphatic carbocycles. The van der Waals surface area contributed by atoms with Crippen LogP contribution >= 0.6 is 22.7 Å². The number of hydrogen-bond donors (Lipinski definition) is 2. The van der Waals surface area contributed by atoms with E-state index in [4.69, 9.17) is 5.11 Å². The van der Waals surface area contributed by atoms with Gasteiger partial charge in [0.1, 0.15) is 5.01 Å². The lowest BCUT2D eigenvalue weighted by Gasteiger charge is -1.95. The first-order chi connectivity index (χ1) is 10.0. The lowest BCUT2D eigenvalue weighted by Crippen LogP contribution is -2.18. The molecule has 0 radical (unpaired) electrons. The third-order valence-corrected chi connectivity index (χ3v) is 4.40. The summed E-state index contributed by atoms with van der Waals surface area (Å²) in [7, 11) is 0. The van der Waals surface area contributed by atoms with Crippen molar-refractivity contribution < 1.29 is 14.7 Å². The quantitative estimate of drug-likeness (QED) is 0.857. The summed E-state index contributed by atoms with van der Waals surface area (Å²) >= 11 is 2.94. The Kier molecular flexibility index (Phi) is 5.24. The van der Waals surface area contributed by atoms with E-state index < -0.39 is 5.97 Å². The summed E-state index contributed by atoms with van der Waals surface area (Å²) in [6, 6.07) is 3.71. The number of thiazole rings is 1. The Bertz CT molecular complexity index is 673. The predicted molar refractivity (Wildman–Crippen MR) is 84.2 cm³/mol. The minimum Gasteiger partial charge on any atom is -0.481 e. The van der Waals surface area contributed by atoms with Crippen LogP contribution in [-0.2, 0) is 22.6 Å². The van der Waals surface area contributed by atoms with E-state index in [-0.39, 0.29) is 12.3 Å². The summed E-state index contributed by atoms with van der Waals surface area (Å²) in [5.41, 5.74) is 0.827. The number of carbonyl (C=O) groups is 2. The number of nitrogens with zero attached hydrogens (tertiary/aromatic N) is 1. The molecule has 2 rings (SSSR count). The number of aliphatic carboxylic acids is 1. The molecule has 2 heterocycles. The Labute approximate surface area is 130 Å². The van der Waals surface area contributed by atoms with Crippen LogP contribution in [0.5, 0.6) is 0 Å². The Morgan fingerprint density at radius 2 is 2.19 bits per heavy atom. The van der Waals surface area contributed by atoms with Gasteiger partial charge in [-0.05, 0) is 24.3 Å². The zero-order chi connectivity index (χ0) is 15.2. The number of nitrogens with one attached hydrogen (secondary N) is 1. The summed E-state index contributed by atoms with van der Waals surface area (Å²) < 4.78 is 0. The molecule has 0 fully saturated rings. The van der Waals surface area contributed by atoms with Crippen LogP contribution in [-0.4, -0.2) is 22.0 Å². The molecule has 0 spiro atoms. The van der Waals surface area contributed by atoms with Gasteiger partial charge in [0.25, 0.3) is 0 Å². The molecular weight excluding hydrogens is 308 g/mol. The maximum atomic E-state index is 10.8. The number of carboxylic acid groups (broad SMARTS) is 1. The van der Waals surface area contributed by atoms with E-state index in [1.165, 1.54) is 29.6 Å². The van der Waals surface area contributed by atoms with Crippen LogP contribution in [0.1, 0.15) is 27.4 Å². The van der Waals surface area contributed by atoms with E-state index in [2.05, 4.69) is 10.3 Å². The Morgan fingerprint density at radius 3 is 2.90 bits per heavy atom. The molecule has 0 aromatic carbocycles. The first kappa shape index (κ1) is 15.4. The third-order valence-electron chi connectivity index (χ3n) is 2.48. The second kappa shape index (κ2) is 7.14. The average molecular weight is 322 g/mol. The van der Waals surface area contributed by atoms with Gasteiger partial charge in [0, 0.05) is 22.1 Å². The van der Waals surface area contributed by atoms with Crippen LogP contribution in [0.3, 0.4) is 0 Å². The van der Waals surface area contributed by atoms with Gasteiger partial charge in [-0.15, -0.1) is 22.7 Å².